The zero-order chi connectivity index (χ0) is 66.0. The highest BCUT2D eigenvalue weighted by Gasteiger charge is 2.37. The first-order valence-electron chi connectivity index (χ1n) is 30.2. The van der Waals surface area contributed by atoms with Crippen LogP contribution < -0.4 is 48.3 Å². The van der Waals surface area contributed by atoms with Crippen LogP contribution in [0, 0.1) is 0 Å². The zero-order valence-corrected chi connectivity index (χ0v) is 52.6. The average Bonchev–Trinajstić information content (AvgIpc) is 2.59. The zero-order valence-electron chi connectivity index (χ0n) is 50.9. The van der Waals surface area contributed by atoms with Crippen LogP contribution in [0.5, 0.6) is 0 Å². The molecule has 2 aliphatic rings. The van der Waals surface area contributed by atoms with Crippen LogP contribution in [0.25, 0.3) is 10.9 Å². The summed E-state index contributed by atoms with van der Waals surface area (Å²) in [5.41, 5.74) is 8.35. The van der Waals surface area contributed by atoms with Crippen molar-refractivity contribution in [2.24, 2.45) is 5.73 Å². The number of carbonyl (C=O) groups is 10. The summed E-state index contributed by atoms with van der Waals surface area (Å²) in [7, 11) is 1.90. The number of nitrogens with zero attached hydrogens (tertiary/aromatic N) is 3. The molecule has 91 heavy (non-hydrogen) atoms. The summed E-state index contributed by atoms with van der Waals surface area (Å²) < 4.78 is 0. The maximum absolute atomic E-state index is 15.2. The van der Waals surface area contributed by atoms with Crippen molar-refractivity contribution in [3.05, 3.63) is 108 Å². The number of nitrogens with two attached hydrogens (primary N) is 1. The molecule has 6 rings (SSSR count). The number of hydrogen-bond acceptors (Lipinski definition) is 19. The highest BCUT2D eigenvalue weighted by atomic mass is 33.1. The van der Waals surface area contributed by atoms with Crippen molar-refractivity contribution in [1.29, 1.82) is 0 Å². The lowest BCUT2D eigenvalue weighted by Crippen LogP contribution is -2.62. The molecule has 4 aromatic rings. The van der Waals surface area contributed by atoms with Gasteiger partial charge < -0.3 is 78.8 Å². The summed E-state index contributed by atoms with van der Waals surface area (Å²) in [6, 6.07) is 12.9. The molecule has 0 spiro atoms. The van der Waals surface area contributed by atoms with Crippen LogP contribution in [0.2, 0.25) is 0 Å². The van der Waals surface area contributed by atoms with E-state index in [1.165, 1.54) is 13.8 Å². The Kier molecular flexibility index (Phi) is 29.4. The quantitative estimate of drug-likeness (QED) is 0.0253. The number of nitrogens with one attached hydrogen (secondary N) is 9. The fourth-order valence-electron chi connectivity index (χ4n) is 10.3. The maximum atomic E-state index is 15.2. The minimum atomic E-state index is -1.74. The number of aromatic nitrogens is 1. The average molecular weight is 1300 g/mol. The molecule has 10 atom stereocenters. The van der Waals surface area contributed by atoms with Crippen molar-refractivity contribution in [3.63, 3.8) is 0 Å². The largest absolute Gasteiger partial charge is 0.480 e. The van der Waals surface area contributed by atoms with Gasteiger partial charge in [-0.05, 0) is 62.4 Å². The lowest BCUT2D eigenvalue weighted by molar-refractivity contribution is -0.140. The van der Waals surface area contributed by atoms with Crippen molar-refractivity contribution < 1.29 is 73.5 Å². The summed E-state index contributed by atoms with van der Waals surface area (Å²) in [5.74, 6) is -9.67. The van der Waals surface area contributed by atoms with E-state index in [0.717, 1.165) is 32.5 Å². The van der Waals surface area contributed by atoms with Crippen molar-refractivity contribution in [2.75, 3.05) is 83.6 Å². The summed E-state index contributed by atoms with van der Waals surface area (Å²) >= 11 is 0. The third kappa shape index (κ3) is 23.8. The molecule has 3 aromatic carbocycles. The smallest absolute Gasteiger partial charge is 0.317 e. The number of para-hydroxylation sites is 1. The third-order valence-electron chi connectivity index (χ3n) is 15.4. The number of carbonyl (C=O) groups excluding carboxylic acids is 8. The fraction of sp³-hybridized carbons (Fsp3) is 0.508. The van der Waals surface area contributed by atoms with E-state index in [1.54, 1.807) is 87.6 Å². The van der Waals surface area contributed by atoms with Crippen LogP contribution in [-0.2, 0) is 67.2 Å². The lowest BCUT2D eigenvalue weighted by atomic mass is 10.0. The van der Waals surface area contributed by atoms with Gasteiger partial charge in [-0.2, -0.15) is 0 Å². The number of amides is 8. The Balaban J connectivity index is 1.39. The number of aromatic amines is 1. The minimum absolute atomic E-state index is 0.0182. The predicted octanol–water partition coefficient (Wildman–Crippen LogP) is -2.56. The van der Waals surface area contributed by atoms with Gasteiger partial charge in [0.25, 0.3) is 0 Å². The Morgan fingerprint density at radius 1 is 0.626 bits per heavy atom. The Hall–Kier alpha value is -7.68. The Bertz CT molecular complexity index is 3050. The number of benzene rings is 3. The number of carboxylic acids is 2. The standard InChI is InChI=1S/C61H85N13O15S2/c1-37(76)48(34-75)68-60(88)50-36-91-90-35-49(69-56(84)45(27-39-13-5-3-6-14-39)64-51(78)31-72-21-23-73(32-52(79)80)25-26-74(24-22-72)33-53(81)82)59(87)66-46(28-40-15-7-4-8-16-40)57(85)67-47(29-41-30-63-43-18-10-9-17-42(41)43)58(86)65-44(19-11-12-20-62)55(83)71-54(38(2)77)61(89)70-50/h3-10,13-18,30,37-38,44-50,54,63,75-77H,11-12,19-29,31-36,62H2,1-2H3,(H,64,78)(H,65,86)(H,66,87)(H,67,85)(H,68,88)(H,69,84)(H,70,89)(H,71,83)(H,79,80)(H,81,82)/t37-,38-,44+,45-,46+,47?,48-,49?,50?,54?/m1/s1. The maximum Gasteiger partial charge on any atom is 0.317 e. The first kappa shape index (κ1) is 72.4. The molecule has 16 N–H and O–H groups in total. The second-order valence-corrected chi connectivity index (χ2v) is 25.2. The molecule has 0 bridgehead atoms. The van der Waals surface area contributed by atoms with Crippen molar-refractivity contribution in [2.45, 2.75) is 113 Å². The number of fused-ring (bicyclic) bond motifs is 1. The van der Waals surface area contributed by atoms with Crippen molar-refractivity contribution in [1.82, 2.24) is 62.2 Å². The molecule has 496 valence electrons. The van der Waals surface area contributed by atoms with Crippen LogP contribution in [0.15, 0.2) is 91.1 Å². The van der Waals surface area contributed by atoms with Crippen molar-refractivity contribution in [3.8, 4) is 0 Å². The number of aliphatic hydroxyl groups excluding tert-OH is 3. The summed E-state index contributed by atoms with van der Waals surface area (Å²) in [6.07, 6.45) is -0.864. The van der Waals surface area contributed by atoms with Crippen LogP contribution in [0.4, 0.5) is 0 Å². The molecule has 2 saturated heterocycles. The van der Waals surface area contributed by atoms with Gasteiger partial charge in [-0.15, -0.1) is 0 Å². The molecule has 0 saturated carbocycles. The van der Waals surface area contributed by atoms with E-state index in [4.69, 9.17) is 5.73 Å². The second-order valence-electron chi connectivity index (χ2n) is 22.6. The molecule has 2 aliphatic heterocycles. The predicted molar refractivity (Wildman–Crippen MR) is 341 cm³/mol. The van der Waals surface area contributed by atoms with Gasteiger partial charge in [0.05, 0.1) is 44.5 Å². The normalized spacial score (nSPS) is 22.3. The number of H-pyrrole nitrogens is 1. The highest BCUT2D eigenvalue weighted by Crippen LogP contribution is 2.25. The van der Waals surface area contributed by atoms with E-state index in [9.17, 15) is 63.9 Å². The number of carboxylic acid groups (broad SMARTS) is 2. The number of rotatable bonds is 24. The summed E-state index contributed by atoms with van der Waals surface area (Å²) in [6.45, 7) is 2.52. The van der Waals surface area contributed by atoms with E-state index in [1.807, 2.05) is 18.2 Å². The second kappa shape index (κ2) is 37.0. The third-order valence-corrected chi connectivity index (χ3v) is 17.9. The van der Waals surface area contributed by atoms with Gasteiger partial charge in [0.1, 0.15) is 42.3 Å². The molecule has 3 heterocycles. The van der Waals surface area contributed by atoms with Gasteiger partial charge >= 0.3 is 11.9 Å². The molecule has 28 nitrogen and oxygen atoms in total. The molecule has 0 aliphatic carbocycles. The molecule has 0 radical (unpaired) electrons. The lowest BCUT2D eigenvalue weighted by Gasteiger charge is -2.29. The van der Waals surface area contributed by atoms with Crippen LogP contribution in [0.1, 0.15) is 49.8 Å². The van der Waals surface area contributed by atoms with Gasteiger partial charge in [-0.25, -0.2) is 0 Å². The summed E-state index contributed by atoms with van der Waals surface area (Å²) in [5, 5.41) is 73.0. The monoisotopic (exact) mass is 1300 g/mol. The van der Waals surface area contributed by atoms with E-state index in [2.05, 4.69) is 47.5 Å². The van der Waals surface area contributed by atoms with Crippen LogP contribution in [-0.4, -0.2) is 249 Å². The molecule has 30 heteroatoms. The van der Waals surface area contributed by atoms with E-state index in [-0.39, 0.29) is 103 Å². The van der Waals surface area contributed by atoms with Gasteiger partial charge in [0, 0.05) is 87.1 Å². The molecular weight excluding hydrogens is 1220 g/mol. The Morgan fingerprint density at radius 3 is 1.75 bits per heavy atom. The van der Waals surface area contributed by atoms with Crippen LogP contribution in [0.3, 0.4) is 0 Å². The van der Waals surface area contributed by atoms with Crippen molar-refractivity contribution >= 4 is 91.7 Å². The number of unbranched alkanes of at least 4 members (excludes halogenated alkanes) is 1. The van der Waals surface area contributed by atoms with Gasteiger partial charge in [-0.1, -0.05) is 100 Å². The van der Waals surface area contributed by atoms with Gasteiger partial charge in [0.2, 0.25) is 47.3 Å². The number of aliphatic hydroxyl groups is 3. The molecular formula is C61H85N13O15S2. The first-order valence-corrected chi connectivity index (χ1v) is 32.7. The van der Waals surface area contributed by atoms with Gasteiger partial charge in [0.15, 0.2) is 0 Å². The minimum Gasteiger partial charge on any atom is -0.480 e. The SMILES string of the molecule is C[C@@H](O)C1NC(=O)[C@H](CCCCN)NC(=O)C(Cc2c[nH]c3ccccc23)NC(=O)[C@H](Cc2ccccc2)NC(=O)C(NC(=O)[C@@H](Cc2ccccc2)NC(=O)CN2CCN(CC(=O)O)CCN(CC(=O)O)CC2)CSSCC(C(=O)N[C@H](CO)[C@@H](C)O)NC1=O. The van der Waals surface area contributed by atoms with E-state index >= 15 is 9.59 Å². The fourth-order valence-corrected chi connectivity index (χ4v) is 12.6. The number of aliphatic carboxylic acids is 2. The van der Waals surface area contributed by atoms with Crippen LogP contribution >= 0.6 is 21.6 Å². The van der Waals surface area contributed by atoms with E-state index in [0.29, 0.717) is 29.5 Å². The first-order chi connectivity index (χ1) is 43.6. The topological polar surface area (TPSA) is 420 Å². The molecule has 2 fully saturated rings. The Morgan fingerprint density at radius 2 is 1.16 bits per heavy atom. The molecule has 8 amide bonds. The van der Waals surface area contributed by atoms with Gasteiger partial charge in [-0.3, -0.25) is 62.6 Å². The highest BCUT2D eigenvalue weighted by molar-refractivity contribution is 8.76. The van der Waals surface area contributed by atoms with E-state index < -0.39 is 126 Å². The number of hydrogen-bond donors (Lipinski definition) is 15. The molecule has 1 aromatic heterocycles. The molecule has 4 unspecified atom stereocenters. The summed E-state index contributed by atoms with van der Waals surface area (Å²) in [4.78, 5) is 149. The Labute approximate surface area is 535 Å².